The number of aliphatic imine (C=N–C) groups is 1. The molecule has 1 saturated heterocycles. The van der Waals surface area contributed by atoms with E-state index in [0.29, 0.717) is 18.9 Å². The van der Waals surface area contributed by atoms with Crippen LogP contribution in [0, 0.1) is 12.8 Å². The van der Waals surface area contributed by atoms with Crippen LogP contribution in [0.15, 0.2) is 41.5 Å². The van der Waals surface area contributed by atoms with E-state index < -0.39 is 0 Å². The highest BCUT2D eigenvalue weighted by molar-refractivity contribution is 7.11. The highest BCUT2D eigenvalue weighted by atomic mass is 32.1. The van der Waals surface area contributed by atoms with Crippen LogP contribution in [0.5, 0.6) is 0 Å². The summed E-state index contributed by atoms with van der Waals surface area (Å²) in [5, 5.41) is 7.73. The molecular weight excluding hydrogens is 370 g/mol. The minimum atomic E-state index is 0.254. The second-order valence-electron chi connectivity index (χ2n) is 7.07. The number of hydrogen-bond donors (Lipinski definition) is 2. The number of aromatic nitrogens is 1. The van der Waals surface area contributed by atoms with E-state index in [2.05, 4.69) is 39.7 Å². The van der Waals surface area contributed by atoms with E-state index in [1.165, 1.54) is 5.56 Å². The molecule has 1 fully saturated rings. The first kappa shape index (κ1) is 20.3. The van der Waals surface area contributed by atoms with Gasteiger partial charge in [0.05, 0.1) is 11.6 Å². The normalized spacial score (nSPS) is 17.2. The summed E-state index contributed by atoms with van der Waals surface area (Å²) >= 11 is 1.67. The van der Waals surface area contributed by atoms with Gasteiger partial charge in [0.1, 0.15) is 0 Å². The van der Waals surface area contributed by atoms with Crippen LogP contribution in [0.25, 0.3) is 0 Å². The van der Waals surface area contributed by atoms with Crippen LogP contribution >= 0.6 is 11.3 Å². The topological polar surface area (TPSA) is 69.6 Å². The number of nitrogens with one attached hydrogen (secondary N) is 2. The number of benzene rings is 1. The van der Waals surface area contributed by atoms with Crippen molar-refractivity contribution in [1.82, 2.24) is 20.5 Å². The molecule has 1 amide bonds. The average Bonchev–Trinajstić information content (AvgIpc) is 3.28. The minimum Gasteiger partial charge on any atom is -0.357 e. The molecule has 6 nitrogen and oxygen atoms in total. The molecule has 0 bridgehead atoms. The lowest BCUT2D eigenvalue weighted by Crippen LogP contribution is -2.40. The summed E-state index contributed by atoms with van der Waals surface area (Å²) in [5.41, 5.74) is 1.27. The summed E-state index contributed by atoms with van der Waals surface area (Å²) < 4.78 is 0. The smallest absolute Gasteiger partial charge is 0.223 e. The van der Waals surface area contributed by atoms with Crippen molar-refractivity contribution in [1.29, 1.82) is 0 Å². The van der Waals surface area contributed by atoms with Gasteiger partial charge in [-0.2, -0.15) is 0 Å². The van der Waals surface area contributed by atoms with Crippen molar-refractivity contribution in [2.45, 2.75) is 33.2 Å². The highest BCUT2D eigenvalue weighted by Gasteiger charge is 2.29. The van der Waals surface area contributed by atoms with Gasteiger partial charge in [-0.25, -0.2) is 9.98 Å². The number of amides is 1. The lowest BCUT2D eigenvalue weighted by atomic mass is 10.1. The molecule has 0 saturated carbocycles. The predicted octanol–water partition coefficient (Wildman–Crippen LogP) is 2.60. The van der Waals surface area contributed by atoms with Gasteiger partial charge < -0.3 is 15.5 Å². The molecular formula is C21H29N5OS. The van der Waals surface area contributed by atoms with Crippen molar-refractivity contribution in [3.63, 3.8) is 0 Å². The number of nitrogens with zero attached hydrogens (tertiary/aromatic N) is 3. The van der Waals surface area contributed by atoms with Gasteiger partial charge in [-0.05, 0) is 25.8 Å². The third-order valence-corrected chi connectivity index (χ3v) is 5.67. The Morgan fingerprint density at radius 2 is 2.14 bits per heavy atom. The molecule has 1 aromatic heterocycles. The first-order valence-corrected chi connectivity index (χ1v) is 10.7. The first-order chi connectivity index (χ1) is 13.6. The fraction of sp³-hybridized carbons (Fsp3) is 0.476. The summed E-state index contributed by atoms with van der Waals surface area (Å²) in [5.74, 6) is 1.37. The maximum Gasteiger partial charge on any atom is 0.223 e. The monoisotopic (exact) mass is 399 g/mol. The minimum absolute atomic E-state index is 0.254. The molecule has 2 N–H and O–H groups in total. The van der Waals surface area contributed by atoms with E-state index >= 15 is 0 Å². The third-order valence-electron chi connectivity index (χ3n) is 4.77. The van der Waals surface area contributed by atoms with Gasteiger partial charge >= 0.3 is 0 Å². The number of hydrogen-bond acceptors (Lipinski definition) is 4. The first-order valence-electron chi connectivity index (χ1n) is 9.89. The molecule has 3 rings (SSSR count). The van der Waals surface area contributed by atoms with E-state index in [4.69, 9.17) is 0 Å². The standard InChI is InChI=1S/C21H29N5OS/c1-3-22-21(25-14-19-13-23-16(2)28-19)24-12-18-11-20(27)26(15-18)10-9-17-7-5-4-6-8-17/h4-8,13,18H,3,9-12,14-15H2,1-2H3,(H2,22,24,25). The van der Waals surface area contributed by atoms with E-state index in [-0.39, 0.29) is 5.91 Å². The molecule has 2 heterocycles. The van der Waals surface area contributed by atoms with Crippen molar-refractivity contribution in [3.8, 4) is 0 Å². The number of carbonyl (C=O) groups excluding carboxylic acids is 1. The maximum atomic E-state index is 12.3. The molecule has 1 aliphatic heterocycles. The van der Waals surface area contributed by atoms with E-state index in [1.807, 2.05) is 36.2 Å². The number of rotatable bonds is 8. The van der Waals surface area contributed by atoms with Crippen LogP contribution in [-0.4, -0.2) is 47.9 Å². The number of carbonyl (C=O) groups is 1. The molecule has 1 atom stereocenters. The highest BCUT2D eigenvalue weighted by Crippen LogP contribution is 2.18. The number of thiazole rings is 1. The van der Waals surface area contributed by atoms with E-state index in [0.717, 1.165) is 48.4 Å². The Morgan fingerprint density at radius 1 is 1.32 bits per heavy atom. The quantitative estimate of drug-likeness (QED) is 0.529. The molecule has 0 spiro atoms. The lowest BCUT2D eigenvalue weighted by molar-refractivity contribution is -0.127. The zero-order chi connectivity index (χ0) is 19.8. The Bertz CT molecular complexity index is 789. The van der Waals surface area contributed by atoms with Gasteiger partial charge in [-0.3, -0.25) is 4.79 Å². The summed E-state index contributed by atoms with van der Waals surface area (Å²) in [6.45, 7) is 7.83. The van der Waals surface area contributed by atoms with Gasteiger partial charge in [0.15, 0.2) is 5.96 Å². The van der Waals surface area contributed by atoms with Gasteiger partial charge in [0, 0.05) is 49.6 Å². The van der Waals surface area contributed by atoms with Gasteiger partial charge in [-0.15, -0.1) is 11.3 Å². The summed E-state index contributed by atoms with van der Waals surface area (Å²) in [4.78, 5) is 24.4. The molecule has 150 valence electrons. The second-order valence-corrected chi connectivity index (χ2v) is 8.39. The van der Waals surface area contributed by atoms with E-state index in [9.17, 15) is 4.79 Å². The van der Waals surface area contributed by atoms with E-state index in [1.54, 1.807) is 11.3 Å². The zero-order valence-electron chi connectivity index (χ0n) is 16.6. The fourth-order valence-corrected chi connectivity index (χ4v) is 4.05. The molecule has 7 heteroatoms. The molecule has 0 radical (unpaired) electrons. The summed E-state index contributed by atoms with van der Waals surface area (Å²) in [7, 11) is 0. The van der Waals surface area contributed by atoms with Crippen LogP contribution in [0.2, 0.25) is 0 Å². The van der Waals surface area contributed by atoms with Gasteiger partial charge in [-0.1, -0.05) is 30.3 Å². The fourth-order valence-electron chi connectivity index (χ4n) is 3.33. The Morgan fingerprint density at radius 3 is 2.86 bits per heavy atom. The van der Waals surface area contributed by atoms with Crippen LogP contribution < -0.4 is 10.6 Å². The van der Waals surface area contributed by atoms with Crippen molar-refractivity contribution >= 4 is 23.2 Å². The van der Waals surface area contributed by atoms with Crippen LogP contribution in [0.1, 0.15) is 28.8 Å². The molecule has 1 aromatic carbocycles. The average molecular weight is 400 g/mol. The van der Waals surface area contributed by atoms with Crippen LogP contribution in [-0.2, 0) is 17.8 Å². The van der Waals surface area contributed by atoms with Crippen molar-refractivity contribution in [2.75, 3.05) is 26.2 Å². The summed E-state index contributed by atoms with van der Waals surface area (Å²) in [6.07, 6.45) is 3.40. The molecule has 0 aliphatic carbocycles. The summed E-state index contributed by atoms with van der Waals surface area (Å²) in [6, 6.07) is 10.3. The van der Waals surface area contributed by atoms with Crippen molar-refractivity contribution in [2.24, 2.45) is 10.9 Å². The lowest BCUT2D eigenvalue weighted by Gasteiger charge is -2.18. The number of likely N-dealkylation sites (tertiary alicyclic amines) is 1. The van der Waals surface area contributed by atoms with Crippen LogP contribution in [0.4, 0.5) is 0 Å². The SMILES string of the molecule is CCNC(=NCc1cnc(C)s1)NCC1CC(=O)N(CCc2ccccc2)C1. The molecule has 2 aromatic rings. The number of aryl methyl sites for hydroxylation is 1. The van der Waals surface area contributed by atoms with Crippen molar-refractivity contribution in [3.05, 3.63) is 52.0 Å². The third kappa shape index (κ3) is 6.05. The Labute approximate surface area is 171 Å². The van der Waals surface area contributed by atoms with Gasteiger partial charge in [0.2, 0.25) is 5.91 Å². The largest absolute Gasteiger partial charge is 0.357 e. The van der Waals surface area contributed by atoms with Crippen molar-refractivity contribution < 1.29 is 4.79 Å². The second kappa shape index (κ2) is 10.2. The Balaban J connectivity index is 1.46. The van der Waals surface area contributed by atoms with Crippen LogP contribution in [0.3, 0.4) is 0 Å². The Kier molecular flexibility index (Phi) is 7.42. The Hall–Kier alpha value is -2.41. The number of guanidine groups is 1. The molecule has 1 aliphatic rings. The molecule has 28 heavy (non-hydrogen) atoms. The van der Waals surface area contributed by atoms with Gasteiger partial charge in [0.25, 0.3) is 0 Å². The molecule has 1 unspecified atom stereocenters. The maximum absolute atomic E-state index is 12.3. The predicted molar refractivity (Wildman–Crippen MR) is 115 cm³/mol. The zero-order valence-corrected chi connectivity index (χ0v) is 17.5.